The van der Waals surface area contributed by atoms with Gasteiger partial charge in [0.2, 0.25) is 0 Å². The van der Waals surface area contributed by atoms with Gasteiger partial charge in [-0.15, -0.1) is 0 Å². The Morgan fingerprint density at radius 1 is 1.25 bits per heavy atom. The van der Waals surface area contributed by atoms with Crippen molar-refractivity contribution in [2.45, 2.75) is 26.4 Å². The summed E-state index contributed by atoms with van der Waals surface area (Å²) in [7, 11) is 1.69. The Kier molecular flexibility index (Phi) is 5.85. The van der Waals surface area contributed by atoms with Crippen LogP contribution in [0.1, 0.15) is 19.4 Å². The molecule has 0 aromatic heterocycles. The summed E-state index contributed by atoms with van der Waals surface area (Å²) >= 11 is 3.49. The molecule has 1 aromatic rings. The molecule has 16 heavy (non-hydrogen) atoms. The first-order chi connectivity index (χ1) is 7.67. The molecule has 0 saturated carbocycles. The Morgan fingerprint density at radius 2 is 1.88 bits per heavy atom. The quantitative estimate of drug-likeness (QED) is 0.744. The van der Waals surface area contributed by atoms with Crippen molar-refractivity contribution in [1.82, 2.24) is 4.90 Å². The molecule has 0 aliphatic rings. The fourth-order valence-electron chi connectivity index (χ4n) is 1.59. The summed E-state index contributed by atoms with van der Waals surface area (Å²) in [4.78, 5) is 2.44. The largest absolute Gasteiger partial charge is 0.497 e. The highest BCUT2D eigenvalue weighted by Gasteiger charge is 2.08. The molecule has 0 radical (unpaired) electrons. The Labute approximate surface area is 107 Å². The third-order valence-corrected chi connectivity index (χ3v) is 3.00. The van der Waals surface area contributed by atoms with E-state index in [0.29, 0.717) is 6.04 Å². The number of halogens is 1. The number of benzene rings is 1. The number of hydrogen-bond acceptors (Lipinski definition) is 2. The topological polar surface area (TPSA) is 12.5 Å². The lowest BCUT2D eigenvalue weighted by atomic mass is 10.2. The van der Waals surface area contributed by atoms with E-state index < -0.39 is 0 Å². The van der Waals surface area contributed by atoms with E-state index >= 15 is 0 Å². The van der Waals surface area contributed by atoms with Crippen molar-refractivity contribution < 1.29 is 4.74 Å². The number of alkyl halides is 1. The molecule has 0 atom stereocenters. The maximum Gasteiger partial charge on any atom is 0.118 e. The van der Waals surface area contributed by atoms with Gasteiger partial charge >= 0.3 is 0 Å². The van der Waals surface area contributed by atoms with Crippen LogP contribution in [-0.2, 0) is 6.54 Å². The van der Waals surface area contributed by atoms with Crippen molar-refractivity contribution >= 4 is 15.9 Å². The summed E-state index contributed by atoms with van der Waals surface area (Å²) in [5, 5.41) is 1.02. The van der Waals surface area contributed by atoms with Crippen LogP contribution in [0.25, 0.3) is 0 Å². The lowest BCUT2D eigenvalue weighted by Crippen LogP contribution is -2.31. The van der Waals surface area contributed by atoms with Crippen LogP contribution in [0.4, 0.5) is 0 Å². The Hall–Kier alpha value is -0.540. The van der Waals surface area contributed by atoms with Crippen LogP contribution >= 0.6 is 15.9 Å². The molecule has 0 N–H and O–H groups in total. The fraction of sp³-hybridized carbons (Fsp3) is 0.538. The minimum Gasteiger partial charge on any atom is -0.497 e. The smallest absolute Gasteiger partial charge is 0.118 e. The second-order valence-electron chi connectivity index (χ2n) is 4.10. The van der Waals surface area contributed by atoms with Crippen LogP contribution in [0.3, 0.4) is 0 Å². The number of rotatable bonds is 6. The summed E-state index contributed by atoms with van der Waals surface area (Å²) in [5.41, 5.74) is 1.33. The van der Waals surface area contributed by atoms with E-state index in [-0.39, 0.29) is 0 Å². The second-order valence-corrected chi connectivity index (χ2v) is 4.89. The summed E-state index contributed by atoms with van der Waals surface area (Å²) in [5.74, 6) is 0.917. The average molecular weight is 286 g/mol. The second kappa shape index (κ2) is 6.92. The first kappa shape index (κ1) is 13.5. The molecular formula is C13H20BrNO. The van der Waals surface area contributed by atoms with Crippen molar-refractivity contribution in [3.8, 4) is 5.75 Å². The molecular weight excluding hydrogens is 266 g/mol. The number of ether oxygens (including phenoxy) is 1. The van der Waals surface area contributed by atoms with Gasteiger partial charge in [0.25, 0.3) is 0 Å². The van der Waals surface area contributed by atoms with Gasteiger partial charge < -0.3 is 4.74 Å². The van der Waals surface area contributed by atoms with E-state index in [1.54, 1.807) is 7.11 Å². The molecule has 0 saturated heterocycles. The molecule has 2 nitrogen and oxygen atoms in total. The van der Waals surface area contributed by atoms with Gasteiger partial charge in [-0.25, -0.2) is 0 Å². The molecule has 0 spiro atoms. The van der Waals surface area contributed by atoms with Gasteiger partial charge in [0.05, 0.1) is 7.11 Å². The van der Waals surface area contributed by atoms with Crippen molar-refractivity contribution in [3.05, 3.63) is 29.8 Å². The van der Waals surface area contributed by atoms with Gasteiger partial charge in [-0.1, -0.05) is 28.1 Å². The molecule has 0 unspecified atom stereocenters. The molecule has 0 heterocycles. The minimum absolute atomic E-state index is 0.569. The standard InChI is InChI=1S/C13H20BrNO/c1-11(2)15(9-8-14)10-12-4-6-13(16-3)7-5-12/h4-7,11H,8-10H2,1-3H3. The van der Waals surface area contributed by atoms with E-state index in [1.807, 2.05) is 12.1 Å². The predicted octanol–water partition coefficient (Wildman–Crippen LogP) is 3.30. The van der Waals surface area contributed by atoms with Gasteiger partial charge in [0.1, 0.15) is 5.75 Å². The lowest BCUT2D eigenvalue weighted by Gasteiger charge is -2.25. The summed E-state index contributed by atoms with van der Waals surface area (Å²) in [6.45, 7) is 6.52. The first-order valence-electron chi connectivity index (χ1n) is 5.60. The molecule has 3 heteroatoms. The molecule has 0 aliphatic carbocycles. The Balaban J connectivity index is 2.62. The SMILES string of the molecule is COc1ccc(CN(CCBr)C(C)C)cc1. The Bertz CT molecular complexity index is 297. The van der Waals surface area contributed by atoms with E-state index in [9.17, 15) is 0 Å². The zero-order valence-electron chi connectivity index (χ0n) is 10.2. The number of hydrogen-bond donors (Lipinski definition) is 0. The zero-order chi connectivity index (χ0) is 12.0. The fourth-order valence-corrected chi connectivity index (χ4v) is 2.05. The molecule has 0 fully saturated rings. The van der Waals surface area contributed by atoms with Crippen LogP contribution < -0.4 is 4.74 Å². The summed E-state index contributed by atoms with van der Waals surface area (Å²) in [6.07, 6.45) is 0. The van der Waals surface area contributed by atoms with Crippen molar-refractivity contribution in [2.75, 3.05) is 19.0 Å². The van der Waals surface area contributed by atoms with Crippen molar-refractivity contribution in [1.29, 1.82) is 0 Å². The third kappa shape index (κ3) is 4.14. The van der Waals surface area contributed by atoms with Crippen LogP contribution in [0, 0.1) is 0 Å². The maximum atomic E-state index is 5.15. The Morgan fingerprint density at radius 3 is 2.31 bits per heavy atom. The predicted molar refractivity (Wildman–Crippen MR) is 72.3 cm³/mol. The van der Waals surface area contributed by atoms with Gasteiger partial charge in [-0.3, -0.25) is 4.90 Å². The first-order valence-corrected chi connectivity index (χ1v) is 6.72. The monoisotopic (exact) mass is 285 g/mol. The van der Waals surface area contributed by atoms with Gasteiger partial charge in [-0.05, 0) is 31.5 Å². The molecule has 0 amide bonds. The van der Waals surface area contributed by atoms with Crippen LogP contribution in [-0.4, -0.2) is 29.9 Å². The molecule has 90 valence electrons. The van der Waals surface area contributed by atoms with Crippen LogP contribution in [0.2, 0.25) is 0 Å². The highest BCUT2D eigenvalue weighted by molar-refractivity contribution is 9.09. The number of nitrogens with zero attached hydrogens (tertiary/aromatic N) is 1. The number of methoxy groups -OCH3 is 1. The van der Waals surface area contributed by atoms with Crippen molar-refractivity contribution in [2.24, 2.45) is 0 Å². The zero-order valence-corrected chi connectivity index (χ0v) is 11.8. The third-order valence-electron chi connectivity index (χ3n) is 2.65. The van der Waals surface area contributed by atoms with Crippen LogP contribution in [0.5, 0.6) is 5.75 Å². The maximum absolute atomic E-state index is 5.15. The average Bonchev–Trinajstić information content (AvgIpc) is 2.29. The highest BCUT2D eigenvalue weighted by Crippen LogP contribution is 2.14. The highest BCUT2D eigenvalue weighted by atomic mass is 79.9. The van der Waals surface area contributed by atoms with E-state index in [1.165, 1.54) is 5.56 Å². The summed E-state index contributed by atoms with van der Waals surface area (Å²) < 4.78 is 5.15. The van der Waals surface area contributed by atoms with Gasteiger partial charge in [0.15, 0.2) is 0 Å². The normalized spacial score (nSPS) is 11.1. The van der Waals surface area contributed by atoms with E-state index in [0.717, 1.165) is 24.2 Å². The molecule has 0 bridgehead atoms. The van der Waals surface area contributed by atoms with Crippen molar-refractivity contribution in [3.63, 3.8) is 0 Å². The van der Waals surface area contributed by atoms with E-state index in [4.69, 9.17) is 4.74 Å². The lowest BCUT2D eigenvalue weighted by molar-refractivity contribution is 0.227. The van der Waals surface area contributed by atoms with Crippen LogP contribution in [0.15, 0.2) is 24.3 Å². The molecule has 0 aliphatic heterocycles. The molecule has 1 aromatic carbocycles. The molecule has 1 rings (SSSR count). The van der Waals surface area contributed by atoms with Gasteiger partial charge in [0, 0.05) is 24.5 Å². The van der Waals surface area contributed by atoms with Gasteiger partial charge in [-0.2, -0.15) is 0 Å². The minimum atomic E-state index is 0.569. The summed E-state index contributed by atoms with van der Waals surface area (Å²) in [6, 6.07) is 8.86. The van der Waals surface area contributed by atoms with E-state index in [2.05, 4.69) is 46.8 Å².